The number of alkyl halides is 3. The van der Waals surface area contributed by atoms with Gasteiger partial charge in [0.05, 0.1) is 11.9 Å². The summed E-state index contributed by atoms with van der Waals surface area (Å²) in [5, 5.41) is 15.4. The summed E-state index contributed by atoms with van der Waals surface area (Å²) in [7, 11) is 0. The minimum atomic E-state index is -4.89. The molecule has 2 aromatic rings. The molecule has 138 valence electrons. The van der Waals surface area contributed by atoms with Crippen LogP contribution in [0, 0.1) is 0 Å². The molecule has 0 aliphatic heterocycles. The van der Waals surface area contributed by atoms with E-state index in [9.17, 15) is 22.8 Å². The Hall–Kier alpha value is -2.84. The molecule has 0 atom stereocenters. The van der Waals surface area contributed by atoms with E-state index in [-0.39, 0.29) is 17.6 Å². The molecule has 2 N–H and O–H groups in total. The molecule has 1 aliphatic carbocycles. The van der Waals surface area contributed by atoms with Crippen molar-refractivity contribution in [3.63, 3.8) is 0 Å². The molecule has 0 spiro atoms. The van der Waals surface area contributed by atoms with E-state index in [1.54, 1.807) is 0 Å². The van der Waals surface area contributed by atoms with E-state index in [1.165, 1.54) is 24.3 Å². The lowest BCUT2D eigenvalue weighted by Crippen LogP contribution is -2.32. The van der Waals surface area contributed by atoms with E-state index in [0.29, 0.717) is 16.4 Å². The van der Waals surface area contributed by atoms with Crippen molar-refractivity contribution in [1.82, 2.24) is 15.1 Å². The quantitative estimate of drug-likeness (QED) is 0.869. The summed E-state index contributed by atoms with van der Waals surface area (Å²) in [5.41, 5.74) is -1.96. The average molecular weight is 367 g/mol. The lowest BCUT2D eigenvalue weighted by molar-refractivity contribution is -0.143. The highest BCUT2D eigenvalue weighted by Gasteiger charge is 2.40. The van der Waals surface area contributed by atoms with Crippen LogP contribution < -0.4 is 5.32 Å². The third kappa shape index (κ3) is 3.56. The molecule has 0 saturated heterocycles. The van der Waals surface area contributed by atoms with Gasteiger partial charge in [0.1, 0.15) is 5.56 Å². The Labute approximate surface area is 146 Å². The van der Waals surface area contributed by atoms with E-state index in [2.05, 4.69) is 10.4 Å². The summed E-state index contributed by atoms with van der Waals surface area (Å²) >= 11 is 0. The number of carbonyl (C=O) groups is 2. The van der Waals surface area contributed by atoms with Crippen LogP contribution >= 0.6 is 0 Å². The van der Waals surface area contributed by atoms with Crippen molar-refractivity contribution in [2.24, 2.45) is 0 Å². The number of aromatic nitrogens is 2. The maximum absolute atomic E-state index is 13.2. The summed E-state index contributed by atoms with van der Waals surface area (Å²) in [6.07, 6.45) is -0.257. The first-order chi connectivity index (χ1) is 12.3. The predicted molar refractivity (Wildman–Crippen MR) is 85.2 cm³/mol. The third-order valence-corrected chi connectivity index (χ3v) is 4.33. The minimum absolute atomic E-state index is 0.0160. The van der Waals surface area contributed by atoms with Crippen molar-refractivity contribution < 1.29 is 27.9 Å². The standard InChI is InChI=1S/C17H16F3N3O3/c18-17(19,20)14-13(16(25)26)9-21-23(14)12-7-5-10(6-8-12)15(24)22-11-3-1-2-4-11/h5-9,11H,1-4H2,(H,22,24)(H,25,26). The highest BCUT2D eigenvalue weighted by Crippen LogP contribution is 2.33. The van der Waals surface area contributed by atoms with E-state index in [1.807, 2.05) is 0 Å². The van der Waals surface area contributed by atoms with Crippen molar-refractivity contribution in [1.29, 1.82) is 0 Å². The molecule has 9 heteroatoms. The second-order valence-corrected chi connectivity index (χ2v) is 6.12. The molecule has 1 amide bonds. The number of carbonyl (C=O) groups excluding carboxylic acids is 1. The van der Waals surface area contributed by atoms with E-state index in [4.69, 9.17) is 5.11 Å². The number of carboxylic acids is 1. The van der Waals surface area contributed by atoms with Gasteiger partial charge >= 0.3 is 12.1 Å². The topological polar surface area (TPSA) is 84.2 Å². The smallest absolute Gasteiger partial charge is 0.434 e. The molecular formula is C17H16F3N3O3. The van der Waals surface area contributed by atoms with Gasteiger partial charge in [-0.15, -0.1) is 0 Å². The summed E-state index contributed by atoms with van der Waals surface area (Å²) < 4.78 is 40.2. The fourth-order valence-corrected chi connectivity index (χ4v) is 3.07. The molecule has 1 aromatic heterocycles. The zero-order valence-corrected chi connectivity index (χ0v) is 13.6. The highest BCUT2D eigenvalue weighted by molar-refractivity contribution is 5.94. The van der Waals surface area contributed by atoms with Crippen LogP contribution in [0.5, 0.6) is 0 Å². The van der Waals surface area contributed by atoms with Gasteiger partial charge in [0.15, 0.2) is 5.69 Å². The second-order valence-electron chi connectivity index (χ2n) is 6.12. The number of rotatable bonds is 4. The molecule has 26 heavy (non-hydrogen) atoms. The first-order valence-corrected chi connectivity index (χ1v) is 8.07. The molecule has 0 bridgehead atoms. The van der Waals surface area contributed by atoms with Crippen LogP contribution in [0.3, 0.4) is 0 Å². The van der Waals surface area contributed by atoms with E-state index < -0.39 is 23.4 Å². The summed E-state index contributed by atoms with van der Waals surface area (Å²) in [5.74, 6) is -2.00. The Balaban J connectivity index is 1.87. The first-order valence-electron chi connectivity index (χ1n) is 8.07. The fourth-order valence-electron chi connectivity index (χ4n) is 3.07. The van der Waals surface area contributed by atoms with Crippen LogP contribution in [-0.4, -0.2) is 32.8 Å². The summed E-state index contributed by atoms with van der Waals surface area (Å²) in [6.45, 7) is 0. The number of hydrogen-bond donors (Lipinski definition) is 2. The van der Waals surface area contributed by atoms with Crippen molar-refractivity contribution >= 4 is 11.9 Å². The zero-order chi connectivity index (χ0) is 18.9. The number of carboxylic acid groups (broad SMARTS) is 1. The summed E-state index contributed by atoms with van der Waals surface area (Å²) in [4.78, 5) is 23.2. The molecule has 3 rings (SSSR count). The maximum Gasteiger partial charge on any atom is 0.434 e. The van der Waals surface area contributed by atoms with Gasteiger partial charge in [0.25, 0.3) is 5.91 Å². The minimum Gasteiger partial charge on any atom is -0.478 e. The van der Waals surface area contributed by atoms with Crippen molar-refractivity contribution in [3.8, 4) is 5.69 Å². The van der Waals surface area contributed by atoms with Gasteiger partial charge < -0.3 is 10.4 Å². The molecule has 6 nitrogen and oxygen atoms in total. The van der Waals surface area contributed by atoms with Crippen molar-refractivity contribution in [3.05, 3.63) is 47.3 Å². The summed E-state index contributed by atoms with van der Waals surface area (Å²) in [6, 6.07) is 5.52. The molecule has 1 fully saturated rings. The van der Waals surface area contributed by atoms with Gasteiger partial charge in [-0.25, -0.2) is 9.48 Å². The normalized spacial score (nSPS) is 15.2. The predicted octanol–water partition coefficient (Wildman–Crippen LogP) is 3.26. The Bertz CT molecular complexity index is 822. The Morgan fingerprint density at radius 1 is 1.15 bits per heavy atom. The van der Waals surface area contributed by atoms with Crippen LogP contribution in [-0.2, 0) is 6.18 Å². The Morgan fingerprint density at radius 3 is 2.31 bits per heavy atom. The molecule has 0 radical (unpaired) electrons. The highest BCUT2D eigenvalue weighted by atomic mass is 19.4. The average Bonchev–Trinajstić information content (AvgIpc) is 3.23. The molecular weight excluding hydrogens is 351 g/mol. The van der Waals surface area contributed by atoms with Gasteiger partial charge in [-0.3, -0.25) is 4.79 Å². The van der Waals surface area contributed by atoms with Crippen molar-refractivity contribution in [2.75, 3.05) is 0 Å². The van der Waals surface area contributed by atoms with Gasteiger partial charge in [-0.05, 0) is 37.1 Å². The number of aromatic carboxylic acids is 1. The SMILES string of the molecule is O=C(NC1CCCC1)c1ccc(-n2ncc(C(=O)O)c2C(F)(F)F)cc1. The number of halogens is 3. The van der Waals surface area contributed by atoms with Gasteiger partial charge in [0.2, 0.25) is 0 Å². The molecule has 1 heterocycles. The Morgan fingerprint density at radius 2 is 1.77 bits per heavy atom. The van der Waals surface area contributed by atoms with Crippen LogP contribution in [0.1, 0.15) is 52.1 Å². The molecule has 1 aliphatic rings. The number of nitrogens with zero attached hydrogens (tertiary/aromatic N) is 2. The number of benzene rings is 1. The third-order valence-electron chi connectivity index (χ3n) is 4.33. The van der Waals surface area contributed by atoms with Crippen LogP contribution in [0.25, 0.3) is 5.69 Å². The van der Waals surface area contributed by atoms with Gasteiger partial charge in [-0.2, -0.15) is 18.3 Å². The van der Waals surface area contributed by atoms with Gasteiger partial charge in [0, 0.05) is 11.6 Å². The van der Waals surface area contributed by atoms with Crippen LogP contribution in [0.15, 0.2) is 30.5 Å². The van der Waals surface area contributed by atoms with E-state index in [0.717, 1.165) is 25.7 Å². The largest absolute Gasteiger partial charge is 0.478 e. The lowest BCUT2D eigenvalue weighted by Gasteiger charge is -2.13. The maximum atomic E-state index is 13.2. The molecule has 1 aromatic carbocycles. The monoisotopic (exact) mass is 367 g/mol. The Kier molecular flexibility index (Phi) is 4.71. The van der Waals surface area contributed by atoms with Crippen molar-refractivity contribution in [2.45, 2.75) is 37.9 Å². The lowest BCUT2D eigenvalue weighted by atomic mass is 10.1. The molecule has 1 saturated carbocycles. The van der Waals surface area contributed by atoms with Crippen LogP contribution in [0.4, 0.5) is 13.2 Å². The van der Waals surface area contributed by atoms with E-state index >= 15 is 0 Å². The first kappa shape index (κ1) is 18.0. The number of hydrogen-bond acceptors (Lipinski definition) is 3. The number of amides is 1. The zero-order valence-electron chi connectivity index (χ0n) is 13.6. The number of nitrogens with one attached hydrogen (secondary N) is 1. The van der Waals surface area contributed by atoms with Gasteiger partial charge in [-0.1, -0.05) is 12.8 Å². The second kappa shape index (κ2) is 6.81. The van der Waals surface area contributed by atoms with Crippen LogP contribution in [0.2, 0.25) is 0 Å². The molecule has 0 unspecified atom stereocenters. The fraction of sp³-hybridized carbons (Fsp3) is 0.353.